The number of hydrogen-bond donors (Lipinski definition) is 2. The third-order valence-corrected chi connectivity index (χ3v) is 4.61. The van der Waals surface area contributed by atoms with Crippen molar-refractivity contribution in [1.82, 2.24) is 15.2 Å². The first-order valence-corrected chi connectivity index (χ1v) is 9.20. The van der Waals surface area contributed by atoms with Gasteiger partial charge >= 0.3 is 0 Å². The zero-order chi connectivity index (χ0) is 18.4. The van der Waals surface area contributed by atoms with Crippen LogP contribution in [0.15, 0.2) is 24.5 Å². The number of hydrogen-bond acceptors (Lipinski definition) is 5. The SMILES string of the molecule is CCc1c(NC(=O)C(C)OCC2CCCCO2)n[nH]c1-c1ccncc1. The number of aromatic nitrogens is 3. The zero-order valence-electron chi connectivity index (χ0n) is 15.3. The van der Waals surface area contributed by atoms with Gasteiger partial charge in [-0.25, -0.2) is 0 Å². The molecule has 7 heteroatoms. The molecule has 2 atom stereocenters. The van der Waals surface area contributed by atoms with E-state index in [-0.39, 0.29) is 12.0 Å². The number of H-pyrrole nitrogens is 1. The Morgan fingerprint density at radius 2 is 2.23 bits per heavy atom. The van der Waals surface area contributed by atoms with Crippen LogP contribution in [0.1, 0.15) is 38.7 Å². The first-order chi connectivity index (χ1) is 12.7. The third kappa shape index (κ3) is 4.47. The van der Waals surface area contributed by atoms with Gasteiger partial charge in [0.2, 0.25) is 0 Å². The van der Waals surface area contributed by atoms with Crippen LogP contribution >= 0.6 is 0 Å². The number of nitrogens with one attached hydrogen (secondary N) is 2. The largest absolute Gasteiger partial charge is 0.376 e. The average Bonchev–Trinajstić information content (AvgIpc) is 3.10. The molecular formula is C19H26N4O3. The Balaban J connectivity index is 1.61. The molecule has 0 bridgehead atoms. The molecule has 2 aromatic heterocycles. The molecule has 2 unspecified atom stereocenters. The minimum atomic E-state index is -0.564. The molecule has 1 saturated heterocycles. The fourth-order valence-corrected chi connectivity index (χ4v) is 3.05. The van der Waals surface area contributed by atoms with Gasteiger partial charge in [0.05, 0.1) is 18.4 Å². The molecule has 140 valence electrons. The number of carbonyl (C=O) groups is 1. The van der Waals surface area contributed by atoms with Crippen molar-refractivity contribution >= 4 is 11.7 Å². The van der Waals surface area contributed by atoms with Crippen LogP contribution in [0.25, 0.3) is 11.3 Å². The molecule has 7 nitrogen and oxygen atoms in total. The number of pyridine rings is 1. The fourth-order valence-electron chi connectivity index (χ4n) is 3.05. The van der Waals surface area contributed by atoms with Gasteiger partial charge in [0.1, 0.15) is 6.10 Å². The molecule has 1 amide bonds. The van der Waals surface area contributed by atoms with Gasteiger partial charge in [-0.15, -0.1) is 0 Å². The molecule has 1 aliphatic heterocycles. The minimum absolute atomic E-state index is 0.0916. The average molecular weight is 358 g/mol. The van der Waals surface area contributed by atoms with Crippen molar-refractivity contribution in [3.63, 3.8) is 0 Å². The summed E-state index contributed by atoms with van der Waals surface area (Å²) in [5, 5.41) is 10.2. The number of amides is 1. The first kappa shape index (κ1) is 18.5. The summed E-state index contributed by atoms with van der Waals surface area (Å²) in [6.45, 7) is 5.00. The summed E-state index contributed by atoms with van der Waals surface area (Å²) in [5.41, 5.74) is 2.85. The minimum Gasteiger partial charge on any atom is -0.376 e. The fraction of sp³-hybridized carbons (Fsp3) is 0.526. The second-order valence-corrected chi connectivity index (χ2v) is 6.47. The van der Waals surface area contributed by atoms with Gasteiger partial charge in [-0.05, 0) is 44.7 Å². The summed E-state index contributed by atoms with van der Waals surface area (Å²) < 4.78 is 11.3. The normalized spacial score (nSPS) is 18.5. The van der Waals surface area contributed by atoms with Crippen molar-refractivity contribution in [2.45, 2.75) is 51.7 Å². The number of carbonyl (C=O) groups excluding carboxylic acids is 1. The van der Waals surface area contributed by atoms with Gasteiger partial charge < -0.3 is 14.8 Å². The second-order valence-electron chi connectivity index (χ2n) is 6.47. The van der Waals surface area contributed by atoms with E-state index in [1.54, 1.807) is 19.3 Å². The lowest BCUT2D eigenvalue weighted by Gasteiger charge is -2.23. The van der Waals surface area contributed by atoms with Crippen LogP contribution < -0.4 is 5.32 Å². The van der Waals surface area contributed by atoms with Crippen LogP contribution in [0.3, 0.4) is 0 Å². The lowest BCUT2D eigenvalue weighted by atomic mass is 10.1. The van der Waals surface area contributed by atoms with Crippen LogP contribution in [0.5, 0.6) is 0 Å². The zero-order valence-corrected chi connectivity index (χ0v) is 15.3. The standard InChI is InChI=1S/C19H26N4O3/c1-3-16-17(14-7-9-20-10-8-14)22-23-18(16)21-19(24)13(2)26-12-15-6-4-5-11-25-15/h7-10,13,15H,3-6,11-12H2,1-2H3,(H2,21,22,23,24). The maximum Gasteiger partial charge on any atom is 0.254 e. The van der Waals surface area contributed by atoms with E-state index in [0.29, 0.717) is 12.4 Å². The van der Waals surface area contributed by atoms with Crippen LogP contribution in [-0.2, 0) is 20.7 Å². The van der Waals surface area contributed by atoms with E-state index in [1.807, 2.05) is 19.1 Å². The van der Waals surface area contributed by atoms with Crippen LogP contribution in [0.2, 0.25) is 0 Å². The molecule has 0 aliphatic carbocycles. The molecule has 0 aromatic carbocycles. The molecule has 1 fully saturated rings. The summed E-state index contributed by atoms with van der Waals surface area (Å²) in [4.78, 5) is 16.5. The highest BCUT2D eigenvalue weighted by Gasteiger charge is 2.21. The number of anilines is 1. The Kier molecular flexibility index (Phi) is 6.35. The number of nitrogens with zero attached hydrogens (tertiary/aromatic N) is 2. The van der Waals surface area contributed by atoms with Gasteiger partial charge in [0, 0.05) is 30.1 Å². The lowest BCUT2D eigenvalue weighted by Crippen LogP contribution is -2.33. The van der Waals surface area contributed by atoms with E-state index >= 15 is 0 Å². The third-order valence-electron chi connectivity index (χ3n) is 4.61. The second kappa shape index (κ2) is 8.91. The van der Waals surface area contributed by atoms with Crippen molar-refractivity contribution in [1.29, 1.82) is 0 Å². The molecule has 3 heterocycles. The Hall–Kier alpha value is -2.25. The molecule has 0 radical (unpaired) electrons. The van der Waals surface area contributed by atoms with Gasteiger partial charge in [-0.3, -0.25) is 14.9 Å². The summed E-state index contributed by atoms with van der Waals surface area (Å²) in [6, 6.07) is 3.82. The van der Waals surface area contributed by atoms with Crippen molar-refractivity contribution in [3.8, 4) is 11.3 Å². The summed E-state index contributed by atoms with van der Waals surface area (Å²) in [6.07, 6.45) is 6.98. The van der Waals surface area contributed by atoms with Gasteiger partial charge in [-0.1, -0.05) is 6.92 Å². The molecule has 0 saturated carbocycles. The van der Waals surface area contributed by atoms with Crippen LogP contribution in [0, 0.1) is 0 Å². The molecule has 2 N–H and O–H groups in total. The maximum atomic E-state index is 12.5. The quantitative estimate of drug-likeness (QED) is 0.794. The van der Waals surface area contributed by atoms with Crippen LogP contribution in [-0.4, -0.2) is 46.5 Å². The highest BCUT2D eigenvalue weighted by Crippen LogP contribution is 2.27. The summed E-state index contributed by atoms with van der Waals surface area (Å²) >= 11 is 0. The van der Waals surface area contributed by atoms with Crippen molar-refractivity contribution < 1.29 is 14.3 Å². The van der Waals surface area contributed by atoms with Gasteiger partial charge in [0.15, 0.2) is 5.82 Å². The molecular weight excluding hydrogens is 332 g/mol. The Labute approximate surface area is 153 Å². The predicted molar refractivity (Wildman–Crippen MR) is 98.8 cm³/mol. The molecule has 1 aliphatic rings. The number of aromatic amines is 1. The molecule has 26 heavy (non-hydrogen) atoms. The Morgan fingerprint density at radius 1 is 1.42 bits per heavy atom. The van der Waals surface area contributed by atoms with E-state index in [9.17, 15) is 4.79 Å². The van der Waals surface area contributed by atoms with Crippen molar-refractivity contribution in [2.75, 3.05) is 18.5 Å². The van der Waals surface area contributed by atoms with Crippen LogP contribution in [0.4, 0.5) is 5.82 Å². The smallest absolute Gasteiger partial charge is 0.254 e. The monoisotopic (exact) mass is 358 g/mol. The first-order valence-electron chi connectivity index (χ1n) is 9.20. The van der Waals surface area contributed by atoms with E-state index in [0.717, 1.165) is 49.1 Å². The number of ether oxygens (including phenoxy) is 2. The molecule has 2 aromatic rings. The Bertz CT molecular complexity index is 711. The van der Waals surface area contributed by atoms with E-state index < -0.39 is 6.10 Å². The highest BCUT2D eigenvalue weighted by molar-refractivity contribution is 5.94. The van der Waals surface area contributed by atoms with Gasteiger partial charge in [0.25, 0.3) is 5.91 Å². The predicted octanol–water partition coefficient (Wildman–Crippen LogP) is 2.95. The van der Waals surface area contributed by atoms with E-state index in [4.69, 9.17) is 9.47 Å². The maximum absolute atomic E-state index is 12.5. The molecule has 3 rings (SSSR count). The van der Waals surface area contributed by atoms with Crippen molar-refractivity contribution in [3.05, 3.63) is 30.1 Å². The van der Waals surface area contributed by atoms with Gasteiger partial charge in [-0.2, -0.15) is 5.10 Å². The van der Waals surface area contributed by atoms with Crippen molar-refractivity contribution in [2.24, 2.45) is 0 Å². The lowest BCUT2D eigenvalue weighted by molar-refractivity contribution is -0.130. The highest BCUT2D eigenvalue weighted by atomic mass is 16.5. The summed E-state index contributed by atoms with van der Waals surface area (Å²) in [5.74, 6) is 0.344. The topological polar surface area (TPSA) is 89.1 Å². The van der Waals surface area contributed by atoms with E-state index in [2.05, 4.69) is 20.5 Å². The van der Waals surface area contributed by atoms with E-state index in [1.165, 1.54) is 0 Å². The molecule has 0 spiro atoms. The summed E-state index contributed by atoms with van der Waals surface area (Å²) in [7, 11) is 0. The Morgan fingerprint density at radius 3 is 2.92 bits per heavy atom. The number of rotatable bonds is 7.